The predicted molar refractivity (Wildman–Crippen MR) is 159 cm³/mol. The highest BCUT2D eigenvalue weighted by Crippen LogP contribution is 2.69. The molecular weight excluding hydrogens is 660 g/mol. The normalized spacial score (nSPS) is 40.3. The predicted octanol–water partition coefficient (Wildman–Crippen LogP) is 6.00. The van der Waals surface area contributed by atoms with Gasteiger partial charge in [0.25, 0.3) is 0 Å². The van der Waals surface area contributed by atoms with Crippen LogP contribution in [0.3, 0.4) is 0 Å². The van der Waals surface area contributed by atoms with Gasteiger partial charge in [0.1, 0.15) is 29.0 Å². The van der Waals surface area contributed by atoms with Crippen LogP contribution in [0.15, 0.2) is 0 Å². The average Bonchev–Trinajstić information content (AvgIpc) is 3.30. The number of rotatable bonds is 9. The molecule has 0 saturated heterocycles. The Morgan fingerprint density at radius 3 is 2.20 bits per heavy atom. The monoisotopic (exact) mass is 704 g/mol. The molecule has 11 atom stereocenters. The Balaban J connectivity index is 1.72. The van der Waals surface area contributed by atoms with Gasteiger partial charge in [0.15, 0.2) is 0 Å². The molecule has 0 aromatic rings. The third-order valence-corrected chi connectivity index (χ3v) is 12.5. The number of carbonyl (C=O) groups is 4. The maximum atomic E-state index is 12.8. The zero-order valence-electron chi connectivity index (χ0n) is 25.0. The van der Waals surface area contributed by atoms with Crippen LogP contribution in [0.4, 0.5) is 0 Å². The fourth-order valence-corrected chi connectivity index (χ4v) is 10.0. The number of alkyl halides is 2. The summed E-state index contributed by atoms with van der Waals surface area (Å²) in [6.45, 7) is 8.30. The fraction of sp³-hybridized carbons (Fsp3) is 0.871. The highest BCUT2D eigenvalue weighted by molar-refractivity contribution is 9.09. The van der Waals surface area contributed by atoms with Crippen molar-refractivity contribution in [1.82, 2.24) is 0 Å². The lowest BCUT2D eigenvalue weighted by atomic mass is 9.43. The van der Waals surface area contributed by atoms with Crippen LogP contribution in [0.1, 0.15) is 85.5 Å². The summed E-state index contributed by atoms with van der Waals surface area (Å²) in [4.78, 5) is 49.3. The Bertz CT molecular complexity index is 1000. The minimum Gasteiger partial charge on any atom is -0.469 e. The number of fused-ring (bicyclic) bond motifs is 5. The van der Waals surface area contributed by atoms with Crippen molar-refractivity contribution < 1.29 is 38.1 Å². The van der Waals surface area contributed by atoms with Crippen molar-refractivity contribution in [3.8, 4) is 0 Å². The Morgan fingerprint density at radius 1 is 0.878 bits per heavy atom. The molecule has 0 aromatic carbocycles. The van der Waals surface area contributed by atoms with Gasteiger partial charge in [0.05, 0.1) is 7.11 Å². The van der Waals surface area contributed by atoms with Crippen molar-refractivity contribution in [2.24, 2.45) is 46.3 Å². The number of hydrogen-bond donors (Lipinski definition) is 0. The number of methoxy groups -OCH3 is 1. The quantitative estimate of drug-likeness (QED) is 0.164. The van der Waals surface area contributed by atoms with E-state index in [0.29, 0.717) is 19.3 Å². The Labute approximate surface area is 260 Å². The summed E-state index contributed by atoms with van der Waals surface area (Å²) >= 11 is 6.59. The van der Waals surface area contributed by atoms with Crippen LogP contribution in [-0.2, 0) is 38.1 Å². The van der Waals surface area contributed by atoms with E-state index >= 15 is 0 Å². The number of hydrogen-bond acceptors (Lipinski definition) is 8. The molecular formula is C31H46Br2O8. The second kappa shape index (κ2) is 13.2. The second-order valence-corrected chi connectivity index (χ2v) is 14.5. The molecule has 1 unspecified atom stereocenters. The summed E-state index contributed by atoms with van der Waals surface area (Å²) in [6.07, 6.45) is 6.30. The fourth-order valence-electron chi connectivity index (χ4n) is 9.74. The topological polar surface area (TPSA) is 105 Å². The van der Waals surface area contributed by atoms with E-state index in [1.807, 2.05) is 0 Å². The van der Waals surface area contributed by atoms with Crippen LogP contribution in [-0.4, -0.2) is 60.0 Å². The third kappa shape index (κ3) is 6.39. The third-order valence-electron chi connectivity index (χ3n) is 11.6. The van der Waals surface area contributed by atoms with Gasteiger partial charge < -0.3 is 18.9 Å². The van der Waals surface area contributed by atoms with Crippen LogP contribution < -0.4 is 0 Å². The molecule has 0 amide bonds. The molecule has 0 bridgehead atoms. The van der Waals surface area contributed by atoms with Gasteiger partial charge in [-0.05, 0) is 86.4 Å². The van der Waals surface area contributed by atoms with Gasteiger partial charge in [0, 0.05) is 24.7 Å². The van der Waals surface area contributed by atoms with Crippen LogP contribution >= 0.6 is 31.9 Å². The zero-order chi connectivity index (χ0) is 30.1. The van der Waals surface area contributed by atoms with Crippen molar-refractivity contribution in [2.45, 2.75) is 104 Å². The first-order valence-corrected chi connectivity index (χ1v) is 17.4. The van der Waals surface area contributed by atoms with Gasteiger partial charge in [-0.3, -0.25) is 19.2 Å². The highest BCUT2D eigenvalue weighted by Gasteiger charge is 2.67. The molecule has 41 heavy (non-hydrogen) atoms. The summed E-state index contributed by atoms with van der Waals surface area (Å²) in [7, 11) is 1.42. The second-order valence-electron chi connectivity index (χ2n) is 13.4. The lowest BCUT2D eigenvalue weighted by Gasteiger charge is -2.64. The van der Waals surface area contributed by atoms with Crippen LogP contribution in [0.25, 0.3) is 0 Å². The van der Waals surface area contributed by atoms with Crippen molar-refractivity contribution in [3.05, 3.63) is 0 Å². The molecule has 232 valence electrons. The van der Waals surface area contributed by atoms with Crippen LogP contribution in [0, 0.1) is 46.3 Å². The molecule has 0 aromatic heterocycles. The molecule has 4 rings (SSSR count). The molecule has 8 nitrogen and oxygen atoms in total. The van der Waals surface area contributed by atoms with E-state index < -0.39 is 0 Å². The molecule has 4 saturated carbocycles. The van der Waals surface area contributed by atoms with Crippen molar-refractivity contribution in [2.75, 3.05) is 17.8 Å². The van der Waals surface area contributed by atoms with E-state index in [4.69, 9.17) is 18.9 Å². The first-order chi connectivity index (χ1) is 19.4. The van der Waals surface area contributed by atoms with Crippen molar-refractivity contribution in [1.29, 1.82) is 0 Å². The molecule has 10 heteroatoms. The van der Waals surface area contributed by atoms with Crippen LogP contribution in [0.5, 0.6) is 0 Å². The Morgan fingerprint density at radius 2 is 1.56 bits per heavy atom. The molecule has 0 radical (unpaired) electrons. The smallest absolute Gasteiger partial charge is 0.316 e. The standard InChI is InChI=1S/C31H46Br2O8/c1-17(6-9-26(35)38-5)21-7-8-22-29-23(14-25(31(21,22)4)41-28(37)16-33)30(3)11-10-20(39-18(2)34)12-19(30)13-24(29)40-27(36)15-32/h17,19-25,29H,6-16H2,1-5H3/t17-,19?,20-,21-,22+,23+,24-,25+,29+,30+,31-/m1/s1. The van der Waals surface area contributed by atoms with E-state index in [1.165, 1.54) is 14.0 Å². The minimum atomic E-state index is -0.314. The molecule has 4 aliphatic rings. The SMILES string of the molecule is COC(=O)CC[C@@H](C)[C@H]1CC[C@H]2[C@@H]3[C@H](OC(=O)CBr)CC4C[C@H](OC(C)=O)CC[C@]4(C)[C@H]3C[C@H](OC(=O)CBr)[C@]12C. The molecule has 0 N–H and O–H groups in total. The van der Waals surface area contributed by atoms with Gasteiger partial charge in [-0.2, -0.15) is 0 Å². The summed E-state index contributed by atoms with van der Waals surface area (Å²) in [6, 6.07) is 0. The van der Waals surface area contributed by atoms with Gasteiger partial charge in [-0.15, -0.1) is 0 Å². The number of esters is 4. The number of ether oxygens (including phenoxy) is 4. The van der Waals surface area contributed by atoms with E-state index in [2.05, 4.69) is 52.6 Å². The molecule has 4 aliphatic carbocycles. The molecule has 0 heterocycles. The summed E-state index contributed by atoms with van der Waals surface area (Å²) < 4.78 is 23.1. The summed E-state index contributed by atoms with van der Waals surface area (Å²) in [5.41, 5.74) is -0.362. The van der Waals surface area contributed by atoms with Crippen molar-refractivity contribution in [3.63, 3.8) is 0 Å². The van der Waals surface area contributed by atoms with Gasteiger partial charge >= 0.3 is 23.9 Å². The first kappa shape index (κ1) is 32.7. The van der Waals surface area contributed by atoms with E-state index in [9.17, 15) is 19.2 Å². The maximum absolute atomic E-state index is 12.8. The lowest BCUT2D eigenvalue weighted by molar-refractivity contribution is -0.224. The van der Waals surface area contributed by atoms with Gasteiger partial charge in [-0.25, -0.2) is 0 Å². The summed E-state index contributed by atoms with van der Waals surface area (Å²) in [5, 5.41) is 0.274. The lowest BCUT2D eigenvalue weighted by Crippen LogP contribution is -2.63. The zero-order valence-corrected chi connectivity index (χ0v) is 28.2. The average molecular weight is 707 g/mol. The van der Waals surface area contributed by atoms with Crippen molar-refractivity contribution >= 4 is 55.7 Å². The largest absolute Gasteiger partial charge is 0.469 e. The Hall–Kier alpha value is -1.16. The molecule has 0 spiro atoms. The first-order valence-electron chi connectivity index (χ1n) is 15.1. The molecule has 0 aliphatic heterocycles. The van der Waals surface area contributed by atoms with E-state index in [-0.39, 0.29) is 99.2 Å². The van der Waals surface area contributed by atoms with Crippen LogP contribution in [0.2, 0.25) is 0 Å². The number of halogens is 2. The highest BCUT2D eigenvalue weighted by atomic mass is 79.9. The van der Waals surface area contributed by atoms with Gasteiger partial charge in [0.2, 0.25) is 0 Å². The van der Waals surface area contributed by atoms with E-state index in [1.54, 1.807) is 0 Å². The Kier molecular flexibility index (Phi) is 10.6. The molecule has 4 fully saturated rings. The van der Waals surface area contributed by atoms with E-state index in [0.717, 1.165) is 38.5 Å². The summed E-state index contributed by atoms with van der Waals surface area (Å²) in [5.74, 6) is 0.265. The minimum absolute atomic E-state index is 0.0480. The number of carbonyl (C=O) groups excluding carboxylic acids is 4. The van der Waals surface area contributed by atoms with Gasteiger partial charge in [-0.1, -0.05) is 52.6 Å². The maximum Gasteiger partial charge on any atom is 0.316 e.